The molecule has 0 atom stereocenters. The number of rotatable bonds is 9. The van der Waals surface area contributed by atoms with Crippen LogP contribution in [0.2, 0.25) is 0 Å². The minimum Gasteiger partial charge on any atom is -0.497 e. The molecule has 0 fully saturated rings. The molecule has 2 aromatic rings. The molecule has 0 aliphatic heterocycles. The Morgan fingerprint density at radius 1 is 1.10 bits per heavy atom. The molecular formula is C21H23N3O5. The van der Waals surface area contributed by atoms with Crippen LogP contribution in [0.25, 0.3) is 0 Å². The molecule has 0 unspecified atom stereocenters. The van der Waals surface area contributed by atoms with Gasteiger partial charge in [-0.05, 0) is 42.8 Å². The Morgan fingerprint density at radius 2 is 1.93 bits per heavy atom. The zero-order valence-corrected chi connectivity index (χ0v) is 16.3. The minimum atomic E-state index is -0.903. The molecule has 2 amide bonds. The molecule has 0 aliphatic rings. The highest BCUT2D eigenvalue weighted by Gasteiger charge is 2.13. The number of nitrogens with one attached hydrogen (secondary N) is 2. The highest BCUT2D eigenvalue weighted by molar-refractivity contribution is 6.39. The van der Waals surface area contributed by atoms with E-state index in [1.165, 1.54) is 13.3 Å². The van der Waals surface area contributed by atoms with Crippen LogP contribution in [0.15, 0.2) is 60.2 Å². The van der Waals surface area contributed by atoms with E-state index < -0.39 is 11.8 Å². The maximum atomic E-state index is 12.0. The number of nitrogens with zero attached hydrogens (tertiary/aromatic N) is 1. The number of ether oxygens (including phenoxy) is 3. The van der Waals surface area contributed by atoms with Crippen LogP contribution >= 0.6 is 0 Å². The summed E-state index contributed by atoms with van der Waals surface area (Å²) < 4.78 is 16.1. The lowest BCUT2D eigenvalue weighted by Gasteiger charge is -2.11. The fourth-order valence-electron chi connectivity index (χ4n) is 2.25. The molecule has 2 N–H and O–H groups in total. The Morgan fingerprint density at radius 3 is 2.66 bits per heavy atom. The van der Waals surface area contributed by atoms with Crippen LogP contribution in [0, 0.1) is 0 Å². The lowest BCUT2D eigenvalue weighted by Crippen LogP contribution is -2.32. The van der Waals surface area contributed by atoms with E-state index in [2.05, 4.69) is 22.4 Å². The van der Waals surface area contributed by atoms with Gasteiger partial charge in [-0.2, -0.15) is 5.10 Å². The van der Waals surface area contributed by atoms with Crippen molar-refractivity contribution in [3.8, 4) is 17.2 Å². The van der Waals surface area contributed by atoms with Crippen molar-refractivity contribution in [1.82, 2.24) is 5.43 Å². The number of anilines is 1. The fraction of sp³-hybridized carbons (Fsp3) is 0.190. The molecule has 0 radical (unpaired) electrons. The topological polar surface area (TPSA) is 98.2 Å². The van der Waals surface area contributed by atoms with Gasteiger partial charge in [0.25, 0.3) is 0 Å². The molecule has 0 aromatic heterocycles. The summed E-state index contributed by atoms with van der Waals surface area (Å²) in [6.07, 6.45) is 3.04. The first-order valence-electron chi connectivity index (χ1n) is 8.86. The number of carbonyl (C=O) groups is 2. The summed E-state index contributed by atoms with van der Waals surface area (Å²) in [5, 5.41) is 6.28. The molecule has 0 heterocycles. The highest BCUT2D eigenvalue weighted by atomic mass is 16.5. The van der Waals surface area contributed by atoms with Crippen molar-refractivity contribution in [2.45, 2.75) is 6.92 Å². The Labute approximate surface area is 169 Å². The second-order valence-corrected chi connectivity index (χ2v) is 5.62. The van der Waals surface area contributed by atoms with Crippen molar-refractivity contribution in [1.29, 1.82) is 0 Å². The molecule has 0 spiro atoms. The van der Waals surface area contributed by atoms with Crippen molar-refractivity contribution >= 4 is 23.7 Å². The predicted molar refractivity (Wildman–Crippen MR) is 111 cm³/mol. The summed E-state index contributed by atoms with van der Waals surface area (Å²) in [5.41, 5.74) is 3.28. The van der Waals surface area contributed by atoms with Crippen LogP contribution in [-0.2, 0) is 9.59 Å². The van der Waals surface area contributed by atoms with E-state index in [1.54, 1.807) is 48.5 Å². The summed E-state index contributed by atoms with van der Waals surface area (Å²) in [4.78, 5) is 23.9. The van der Waals surface area contributed by atoms with Gasteiger partial charge in [-0.1, -0.05) is 18.7 Å². The highest BCUT2D eigenvalue weighted by Crippen LogP contribution is 2.28. The molecule has 8 heteroatoms. The van der Waals surface area contributed by atoms with Crippen molar-refractivity contribution in [2.75, 3.05) is 25.6 Å². The average Bonchev–Trinajstić information content (AvgIpc) is 2.73. The molecule has 0 saturated heterocycles. The molecule has 2 rings (SSSR count). The standard InChI is InChI=1S/C21H23N3O5/c1-4-11-29-18-10-9-15(12-19(18)28-5-2)14-22-24-21(26)20(25)23-16-7-6-8-17(13-16)27-3/h4,6-10,12-14H,1,5,11H2,2-3H3,(H,23,25)(H,24,26)/b22-14-. The summed E-state index contributed by atoms with van der Waals surface area (Å²) in [6, 6.07) is 11.9. The van der Waals surface area contributed by atoms with Crippen LogP contribution in [-0.4, -0.2) is 38.4 Å². The van der Waals surface area contributed by atoms with Crippen molar-refractivity contribution in [2.24, 2.45) is 5.10 Å². The Kier molecular flexibility index (Phi) is 8.25. The van der Waals surface area contributed by atoms with E-state index in [0.717, 1.165) is 0 Å². The number of amides is 2. The third-order valence-electron chi connectivity index (χ3n) is 3.54. The SMILES string of the molecule is C=CCOc1ccc(/C=N\NC(=O)C(=O)Nc2cccc(OC)c2)cc1OCC. The van der Waals surface area contributed by atoms with Crippen LogP contribution < -0.4 is 25.0 Å². The maximum absolute atomic E-state index is 12.0. The second-order valence-electron chi connectivity index (χ2n) is 5.62. The monoisotopic (exact) mass is 397 g/mol. The van der Waals surface area contributed by atoms with E-state index in [9.17, 15) is 9.59 Å². The van der Waals surface area contributed by atoms with Gasteiger partial charge < -0.3 is 19.5 Å². The van der Waals surface area contributed by atoms with E-state index >= 15 is 0 Å². The number of carbonyl (C=O) groups excluding carboxylic acids is 2. The number of hydrogen-bond acceptors (Lipinski definition) is 6. The van der Waals surface area contributed by atoms with E-state index in [0.29, 0.717) is 41.7 Å². The van der Waals surface area contributed by atoms with Gasteiger partial charge in [0.1, 0.15) is 12.4 Å². The van der Waals surface area contributed by atoms with Crippen LogP contribution in [0.4, 0.5) is 5.69 Å². The number of benzene rings is 2. The molecular weight excluding hydrogens is 374 g/mol. The third kappa shape index (κ3) is 6.69. The Balaban J connectivity index is 1.96. The van der Waals surface area contributed by atoms with Crippen molar-refractivity contribution < 1.29 is 23.8 Å². The quantitative estimate of drug-likeness (QED) is 0.293. The minimum absolute atomic E-state index is 0.353. The average molecular weight is 397 g/mol. The molecule has 0 bridgehead atoms. The molecule has 0 saturated carbocycles. The Hall–Kier alpha value is -3.81. The van der Waals surface area contributed by atoms with Crippen molar-refractivity contribution in [3.05, 3.63) is 60.7 Å². The van der Waals surface area contributed by atoms with Gasteiger partial charge in [0, 0.05) is 11.8 Å². The summed E-state index contributed by atoms with van der Waals surface area (Å²) in [5.74, 6) is -0.0727. The largest absolute Gasteiger partial charge is 0.497 e. The number of methoxy groups -OCH3 is 1. The lowest BCUT2D eigenvalue weighted by atomic mass is 10.2. The molecule has 8 nitrogen and oxygen atoms in total. The second kappa shape index (κ2) is 11.1. The molecule has 29 heavy (non-hydrogen) atoms. The van der Waals surface area contributed by atoms with E-state index in [4.69, 9.17) is 14.2 Å². The van der Waals surface area contributed by atoms with Gasteiger partial charge in [-0.25, -0.2) is 5.43 Å². The number of hydrogen-bond donors (Lipinski definition) is 2. The Bertz CT molecular complexity index is 896. The van der Waals surface area contributed by atoms with Gasteiger partial charge in [-0.15, -0.1) is 0 Å². The zero-order chi connectivity index (χ0) is 21.1. The summed E-state index contributed by atoms with van der Waals surface area (Å²) in [6.45, 7) is 6.29. The molecule has 152 valence electrons. The first-order valence-corrected chi connectivity index (χ1v) is 8.86. The van der Waals surface area contributed by atoms with Gasteiger partial charge in [-0.3, -0.25) is 9.59 Å². The third-order valence-corrected chi connectivity index (χ3v) is 3.54. The lowest BCUT2D eigenvalue weighted by molar-refractivity contribution is -0.136. The first-order chi connectivity index (χ1) is 14.1. The number of hydrazone groups is 1. The van der Waals surface area contributed by atoms with Crippen molar-refractivity contribution in [3.63, 3.8) is 0 Å². The predicted octanol–water partition coefficient (Wildman–Crippen LogP) is 2.75. The first kappa shape index (κ1) is 21.5. The molecule has 0 aliphatic carbocycles. The van der Waals surface area contributed by atoms with Gasteiger partial charge in [0.05, 0.1) is 19.9 Å². The zero-order valence-electron chi connectivity index (χ0n) is 16.3. The van der Waals surface area contributed by atoms with Crippen LogP contribution in [0.5, 0.6) is 17.2 Å². The van der Waals surface area contributed by atoms with Gasteiger partial charge in [0.2, 0.25) is 0 Å². The van der Waals surface area contributed by atoms with Crippen LogP contribution in [0.3, 0.4) is 0 Å². The summed E-state index contributed by atoms with van der Waals surface area (Å²) in [7, 11) is 1.51. The van der Waals surface area contributed by atoms with Gasteiger partial charge >= 0.3 is 11.8 Å². The van der Waals surface area contributed by atoms with E-state index in [-0.39, 0.29) is 0 Å². The maximum Gasteiger partial charge on any atom is 0.329 e. The molecule has 2 aromatic carbocycles. The summed E-state index contributed by atoms with van der Waals surface area (Å²) >= 11 is 0. The fourth-order valence-corrected chi connectivity index (χ4v) is 2.25. The van der Waals surface area contributed by atoms with Gasteiger partial charge in [0.15, 0.2) is 11.5 Å². The smallest absolute Gasteiger partial charge is 0.329 e. The van der Waals surface area contributed by atoms with E-state index in [1.807, 2.05) is 6.92 Å². The normalized spacial score (nSPS) is 10.3. The van der Waals surface area contributed by atoms with Crippen LogP contribution in [0.1, 0.15) is 12.5 Å².